The van der Waals surface area contributed by atoms with E-state index in [0.29, 0.717) is 6.42 Å². The molecular weight excluding hydrogens is 258 g/mol. The molecule has 0 aromatic carbocycles. The van der Waals surface area contributed by atoms with E-state index in [4.69, 9.17) is 16.4 Å². The highest BCUT2D eigenvalue weighted by atomic mass is 16.8. The van der Waals surface area contributed by atoms with Gasteiger partial charge >= 0.3 is 11.7 Å². The molecule has 1 rings (SSSR count). The Balaban J connectivity index is 1.87. The maximum Gasteiger partial charge on any atom is 0.390 e. The number of carboxylic acid groups (broad SMARTS) is 1. The lowest BCUT2D eigenvalue weighted by Gasteiger charge is -2.04. The first-order valence-electron chi connectivity index (χ1n) is 7.46. The maximum atomic E-state index is 10.3. The second-order valence-corrected chi connectivity index (χ2v) is 5.70. The SMILES string of the molecule is [C-]#[N+][C@]1(C)O[C@@]1(O)CCCCCCCCCCC(=O)O. The second-order valence-electron chi connectivity index (χ2n) is 5.70. The molecule has 1 saturated heterocycles. The first-order valence-corrected chi connectivity index (χ1v) is 7.46. The molecule has 1 heterocycles. The highest BCUT2D eigenvalue weighted by Gasteiger charge is 2.74. The minimum absolute atomic E-state index is 0.276. The number of nitrogens with zero attached hydrogens (tertiary/aromatic N) is 1. The van der Waals surface area contributed by atoms with Gasteiger partial charge in [-0.05, 0) is 12.8 Å². The topological polar surface area (TPSA) is 74.4 Å². The molecular formula is C15H25NO4. The number of carboxylic acids is 1. The van der Waals surface area contributed by atoms with E-state index in [9.17, 15) is 9.90 Å². The van der Waals surface area contributed by atoms with Crippen molar-refractivity contribution in [3.05, 3.63) is 11.4 Å². The van der Waals surface area contributed by atoms with Gasteiger partial charge in [0.05, 0.1) is 0 Å². The number of carbonyl (C=O) groups is 1. The summed E-state index contributed by atoms with van der Waals surface area (Å²) in [6.45, 7) is 8.55. The number of rotatable bonds is 11. The molecule has 20 heavy (non-hydrogen) atoms. The van der Waals surface area contributed by atoms with Crippen molar-refractivity contribution in [1.82, 2.24) is 0 Å². The monoisotopic (exact) mass is 283 g/mol. The maximum absolute atomic E-state index is 10.3. The molecule has 1 aliphatic rings. The molecule has 2 atom stereocenters. The predicted octanol–water partition coefficient (Wildman–Crippen LogP) is 3.33. The normalized spacial score (nSPS) is 28.1. The Bertz CT molecular complexity index is 365. The molecule has 114 valence electrons. The zero-order chi connectivity index (χ0) is 15.1. The van der Waals surface area contributed by atoms with Crippen LogP contribution >= 0.6 is 0 Å². The van der Waals surface area contributed by atoms with Crippen LogP contribution in [0.15, 0.2) is 0 Å². The molecule has 1 fully saturated rings. The van der Waals surface area contributed by atoms with Crippen LogP contribution in [0.2, 0.25) is 0 Å². The van der Waals surface area contributed by atoms with Crippen LogP contribution in [0.3, 0.4) is 0 Å². The fourth-order valence-electron chi connectivity index (χ4n) is 2.40. The van der Waals surface area contributed by atoms with Crippen molar-refractivity contribution in [3.63, 3.8) is 0 Å². The fourth-order valence-corrected chi connectivity index (χ4v) is 2.40. The molecule has 0 amide bonds. The number of unbranched alkanes of at least 4 members (excludes halogenated alkanes) is 7. The lowest BCUT2D eigenvalue weighted by Crippen LogP contribution is -2.19. The van der Waals surface area contributed by atoms with E-state index >= 15 is 0 Å². The molecule has 0 radical (unpaired) electrons. The summed E-state index contributed by atoms with van der Waals surface area (Å²) in [5.41, 5.74) is -1.02. The van der Waals surface area contributed by atoms with Crippen LogP contribution in [0, 0.1) is 6.57 Å². The van der Waals surface area contributed by atoms with Gasteiger partial charge in [0.1, 0.15) is 0 Å². The summed E-state index contributed by atoms with van der Waals surface area (Å²) < 4.78 is 5.09. The van der Waals surface area contributed by atoms with Crippen molar-refractivity contribution in [2.75, 3.05) is 0 Å². The number of ether oxygens (including phenoxy) is 1. The van der Waals surface area contributed by atoms with Crippen molar-refractivity contribution in [1.29, 1.82) is 0 Å². The summed E-state index contributed by atoms with van der Waals surface area (Å²) in [4.78, 5) is 13.6. The highest BCUT2D eigenvalue weighted by molar-refractivity contribution is 5.66. The molecule has 1 aliphatic heterocycles. The first-order chi connectivity index (χ1) is 9.43. The summed E-state index contributed by atoms with van der Waals surface area (Å²) >= 11 is 0. The van der Waals surface area contributed by atoms with Crippen molar-refractivity contribution in [3.8, 4) is 0 Å². The van der Waals surface area contributed by atoms with Gasteiger partial charge in [-0.1, -0.05) is 38.5 Å². The van der Waals surface area contributed by atoms with Gasteiger partial charge in [-0.3, -0.25) is 14.4 Å². The zero-order valence-electron chi connectivity index (χ0n) is 12.2. The number of hydrogen-bond acceptors (Lipinski definition) is 3. The van der Waals surface area contributed by atoms with E-state index < -0.39 is 17.5 Å². The molecule has 5 nitrogen and oxygen atoms in total. The van der Waals surface area contributed by atoms with Crippen LogP contribution in [0.1, 0.15) is 71.1 Å². The van der Waals surface area contributed by atoms with Crippen LogP contribution in [0.5, 0.6) is 0 Å². The standard InChI is InChI=1S/C15H25NO4/c1-14(16-2)15(19,20-14)12-10-8-6-4-3-5-7-9-11-13(17)18/h19H,3-12H2,1H3,(H,17,18)/t14-,15+/m1/s1. The Morgan fingerprint density at radius 1 is 1.10 bits per heavy atom. The van der Waals surface area contributed by atoms with Crippen LogP contribution in [-0.2, 0) is 9.53 Å². The third-order valence-corrected chi connectivity index (χ3v) is 3.92. The molecule has 2 N–H and O–H groups in total. The lowest BCUT2D eigenvalue weighted by molar-refractivity contribution is -0.137. The van der Waals surface area contributed by atoms with Gasteiger partial charge in [-0.2, -0.15) is 0 Å². The van der Waals surface area contributed by atoms with Gasteiger partial charge in [0.2, 0.25) is 0 Å². The van der Waals surface area contributed by atoms with Crippen LogP contribution in [0.4, 0.5) is 0 Å². The Morgan fingerprint density at radius 3 is 2.05 bits per heavy atom. The van der Waals surface area contributed by atoms with Crippen molar-refractivity contribution in [2.45, 2.75) is 82.6 Å². The Morgan fingerprint density at radius 2 is 1.60 bits per heavy atom. The average molecular weight is 283 g/mol. The molecule has 5 heteroatoms. The summed E-state index contributed by atoms with van der Waals surface area (Å²) in [6, 6.07) is 0. The van der Waals surface area contributed by atoms with Gasteiger partial charge in [-0.15, -0.1) is 0 Å². The summed E-state index contributed by atoms with van der Waals surface area (Å²) in [6.07, 6.45) is 8.98. The van der Waals surface area contributed by atoms with Crippen LogP contribution < -0.4 is 0 Å². The molecule has 0 bridgehead atoms. The van der Waals surface area contributed by atoms with Crippen molar-refractivity contribution >= 4 is 5.97 Å². The molecule has 0 spiro atoms. The van der Waals surface area contributed by atoms with Gasteiger partial charge in [0.25, 0.3) is 5.79 Å². The number of aliphatic carboxylic acids is 1. The second kappa shape index (κ2) is 7.61. The third-order valence-electron chi connectivity index (χ3n) is 3.92. The number of aliphatic hydroxyl groups is 1. The van der Waals surface area contributed by atoms with E-state index in [-0.39, 0.29) is 6.42 Å². The summed E-state index contributed by atoms with van der Waals surface area (Å²) in [7, 11) is 0. The van der Waals surface area contributed by atoms with Crippen molar-refractivity contribution < 1.29 is 19.7 Å². The van der Waals surface area contributed by atoms with E-state index in [1.165, 1.54) is 0 Å². The van der Waals surface area contributed by atoms with Gasteiger partial charge in [0, 0.05) is 19.8 Å². The van der Waals surface area contributed by atoms with Crippen LogP contribution in [0.25, 0.3) is 4.85 Å². The van der Waals surface area contributed by atoms with Gasteiger partial charge in [-0.25, -0.2) is 6.57 Å². The Labute approximate surface area is 120 Å². The van der Waals surface area contributed by atoms with Crippen molar-refractivity contribution in [2.24, 2.45) is 0 Å². The number of hydrogen-bond donors (Lipinski definition) is 2. The molecule has 0 aliphatic carbocycles. The van der Waals surface area contributed by atoms with Crippen LogP contribution in [-0.4, -0.2) is 27.7 Å². The third kappa shape index (κ3) is 5.10. The van der Waals surface area contributed by atoms with Gasteiger partial charge in [0.15, 0.2) is 0 Å². The molecule has 0 aromatic rings. The predicted molar refractivity (Wildman–Crippen MR) is 74.8 cm³/mol. The highest BCUT2D eigenvalue weighted by Crippen LogP contribution is 2.50. The quantitative estimate of drug-likeness (QED) is 0.346. The smallest absolute Gasteiger partial charge is 0.390 e. The number of epoxide rings is 1. The zero-order valence-corrected chi connectivity index (χ0v) is 12.2. The molecule has 0 saturated carbocycles. The Kier molecular flexibility index (Phi) is 6.44. The fraction of sp³-hybridized carbons (Fsp3) is 0.867. The molecule has 0 unspecified atom stereocenters. The van der Waals surface area contributed by atoms with E-state index in [1.807, 2.05) is 0 Å². The lowest BCUT2D eigenvalue weighted by atomic mass is 10.0. The van der Waals surface area contributed by atoms with E-state index in [0.717, 1.165) is 51.4 Å². The van der Waals surface area contributed by atoms with E-state index in [2.05, 4.69) is 4.85 Å². The first kappa shape index (κ1) is 16.9. The minimum Gasteiger partial charge on any atom is -0.481 e. The minimum atomic E-state index is -1.22. The summed E-state index contributed by atoms with van der Waals surface area (Å²) in [5.74, 6) is -1.93. The van der Waals surface area contributed by atoms with Gasteiger partial charge < -0.3 is 10.2 Å². The largest absolute Gasteiger partial charge is 0.481 e. The average Bonchev–Trinajstić information content (AvgIpc) is 2.95. The molecule has 0 aromatic heterocycles. The van der Waals surface area contributed by atoms with E-state index in [1.54, 1.807) is 6.92 Å². The Hall–Kier alpha value is -1.12. The summed E-state index contributed by atoms with van der Waals surface area (Å²) in [5, 5.41) is 18.4.